The SMILES string of the molecule is Cc1n[c]n(CCCC(N)=O)c1C. The lowest BCUT2D eigenvalue weighted by molar-refractivity contribution is -0.118. The molecule has 1 aromatic rings. The number of primary amides is 1. The van der Waals surface area contributed by atoms with Crippen molar-refractivity contribution in [1.29, 1.82) is 0 Å². The molecular formula is C9H14N3O. The number of aryl methyl sites for hydroxylation is 2. The highest BCUT2D eigenvalue weighted by Gasteiger charge is 2.02. The van der Waals surface area contributed by atoms with Crippen molar-refractivity contribution in [3.63, 3.8) is 0 Å². The van der Waals surface area contributed by atoms with E-state index >= 15 is 0 Å². The Bertz CT molecular complexity index is 304. The molecule has 1 heterocycles. The third-order valence-electron chi connectivity index (χ3n) is 2.07. The second-order valence-electron chi connectivity index (χ2n) is 3.10. The summed E-state index contributed by atoms with van der Waals surface area (Å²) in [4.78, 5) is 14.5. The van der Waals surface area contributed by atoms with Gasteiger partial charge in [-0.2, -0.15) is 0 Å². The average molecular weight is 180 g/mol. The molecule has 0 fully saturated rings. The number of amides is 1. The number of hydrogen-bond donors (Lipinski definition) is 1. The van der Waals surface area contributed by atoms with Crippen molar-refractivity contribution in [1.82, 2.24) is 9.55 Å². The van der Waals surface area contributed by atoms with E-state index in [-0.39, 0.29) is 5.91 Å². The number of carbonyl (C=O) groups is 1. The number of nitrogens with zero attached hydrogens (tertiary/aromatic N) is 2. The van der Waals surface area contributed by atoms with Crippen molar-refractivity contribution in [3.05, 3.63) is 17.7 Å². The van der Waals surface area contributed by atoms with Crippen LogP contribution in [0.25, 0.3) is 0 Å². The second-order valence-corrected chi connectivity index (χ2v) is 3.10. The molecule has 0 spiro atoms. The average Bonchev–Trinajstić information content (AvgIpc) is 2.35. The summed E-state index contributed by atoms with van der Waals surface area (Å²) in [7, 11) is 0. The lowest BCUT2D eigenvalue weighted by Gasteiger charge is -2.02. The third-order valence-corrected chi connectivity index (χ3v) is 2.07. The van der Waals surface area contributed by atoms with Gasteiger partial charge >= 0.3 is 0 Å². The summed E-state index contributed by atoms with van der Waals surface area (Å²) in [5.74, 6) is -0.255. The molecule has 0 bridgehead atoms. The third kappa shape index (κ3) is 2.57. The Balaban J connectivity index is 2.45. The lowest BCUT2D eigenvalue weighted by Crippen LogP contribution is -2.11. The van der Waals surface area contributed by atoms with E-state index in [0.717, 1.165) is 24.4 Å². The predicted molar refractivity (Wildman–Crippen MR) is 49.0 cm³/mol. The molecule has 0 aromatic carbocycles. The molecule has 71 valence electrons. The molecule has 0 unspecified atom stereocenters. The van der Waals surface area contributed by atoms with Crippen LogP contribution in [0.5, 0.6) is 0 Å². The maximum Gasteiger partial charge on any atom is 0.217 e. The van der Waals surface area contributed by atoms with Crippen molar-refractivity contribution < 1.29 is 4.79 Å². The smallest absolute Gasteiger partial charge is 0.217 e. The Hall–Kier alpha value is -1.32. The van der Waals surface area contributed by atoms with Gasteiger partial charge in [0.15, 0.2) is 6.33 Å². The summed E-state index contributed by atoms with van der Waals surface area (Å²) in [6, 6.07) is 0. The Morgan fingerprint density at radius 3 is 2.77 bits per heavy atom. The van der Waals surface area contributed by atoms with Gasteiger partial charge in [-0.25, -0.2) is 4.98 Å². The highest BCUT2D eigenvalue weighted by atomic mass is 16.1. The topological polar surface area (TPSA) is 60.9 Å². The van der Waals surface area contributed by atoms with Crippen LogP contribution in [0.2, 0.25) is 0 Å². The first-order valence-electron chi connectivity index (χ1n) is 4.31. The molecule has 0 aliphatic heterocycles. The van der Waals surface area contributed by atoms with E-state index in [1.165, 1.54) is 0 Å². The summed E-state index contributed by atoms with van der Waals surface area (Å²) in [5, 5.41) is 0. The molecule has 0 saturated heterocycles. The normalized spacial score (nSPS) is 10.3. The summed E-state index contributed by atoms with van der Waals surface area (Å²) in [6.45, 7) is 4.69. The highest BCUT2D eigenvalue weighted by Crippen LogP contribution is 2.04. The number of nitrogens with two attached hydrogens (primary N) is 1. The molecule has 13 heavy (non-hydrogen) atoms. The van der Waals surface area contributed by atoms with Gasteiger partial charge < -0.3 is 10.3 Å². The van der Waals surface area contributed by atoms with Crippen LogP contribution >= 0.6 is 0 Å². The van der Waals surface area contributed by atoms with Crippen LogP contribution < -0.4 is 5.73 Å². The predicted octanol–water partition coefficient (Wildman–Crippen LogP) is 0.566. The van der Waals surface area contributed by atoms with E-state index in [9.17, 15) is 4.79 Å². The molecule has 0 aliphatic rings. The standard InChI is InChI=1S/C9H14N3O/c1-7-8(2)12(6-11-7)5-3-4-9(10)13/h3-5H2,1-2H3,(H2,10,13). The number of rotatable bonds is 4. The van der Waals surface area contributed by atoms with Crippen LogP contribution in [0.1, 0.15) is 24.2 Å². The zero-order valence-corrected chi connectivity index (χ0v) is 8.00. The van der Waals surface area contributed by atoms with Gasteiger partial charge in [0, 0.05) is 18.7 Å². The van der Waals surface area contributed by atoms with Gasteiger partial charge in [-0.05, 0) is 20.3 Å². The summed E-state index contributed by atoms with van der Waals surface area (Å²) < 4.78 is 1.91. The van der Waals surface area contributed by atoms with Crippen molar-refractivity contribution in [2.75, 3.05) is 0 Å². The van der Waals surface area contributed by atoms with Crippen LogP contribution in [-0.4, -0.2) is 15.5 Å². The van der Waals surface area contributed by atoms with E-state index in [2.05, 4.69) is 11.3 Å². The minimum Gasteiger partial charge on any atom is -0.370 e. The van der Waals surface area contributed by atoms with Crippen molar-refractivity contribution >= 4 is 5.91 Å². The van der Waals surface area contributed by atoms with Crippen LogP contribution in [0.4, 0.5) is 0 Å². The summed E-state index contributed by atoms with van der Waals surface area (Å²) in [6.07, 6.45) is 4.04. The number of aromatic nitrogens is 2. The van der Waals surface area contributed by atoms with Gasteiger partial charge in [0.25, 0.3) is 0 Å². The van der Waals surface area contributed by atoms with E-state index < -0.39 is 0 Å². The van der Waals surface area contributed by atoms with Crippen molar-refractivity contribution in [3.8, 4) is 0 Å². The molecule has 0 saturated carbocycles. The Labute approximate surface area is 77.8 Å². The molecule has 1 rings (SSSR count). The largest absolute Gasteiger partial charge is 0.370 e. The summed E-state index contributed by atoms with van der Waals surface area (Å²) >= 11 is 0. The van der Waals surface area contributed by atoms with Crippen LogP contribution in [0.3, 0.4) is 0 Å². The van der Waals surface area contributed by atoms with Crippen LogP contribution in [-0.2, 0) is 11.3 Å². The fourth-order valence-electron chi connectivity index (χ4n) is 1.12. The maximum atomic E-state index is 10.5. The molecule has 1 amide bonds. The van der Waals surface area contributed by atoms with Crippen LogP contribution in [0, 0.1) is 20.2 Å². The lowest BCUT2D eigenvalue weighted by atomic mass is 10.3. The highest BCUT2D eigenvalue weighted by molar-refractivity contribution is 5.73. The Kier molecular flexibility index (Phi) is 3.06. The monoisotopic (exact) mass is 180 g/mol. The number of hydrogen-bond acceptors (Lipinski definition) is 2. The molecular weight excluding hydrogens is 166 g/mol. The molecule has 1 aromatic heterocycles. The molecule has 2 N–H and O–H groups in total. The first kappa shape index (κ1) is 9.77. The second kappa shape index (κ2) is 4.07. The Morgan fingerprint density at radius 2 is 2.31 bits per heavy atom. The minimum atomic E-state index is -0.255. The Morgan fingerprint density at radius 1 is 1.62 bits per heavy atom. The molecule has 4 heteroatoms. The van der Waals surface area contributed by atoms with Crippen LogP contribution in [0.15, 0.2) is 0 Å². The summed E-state index contributed by atoms with van der Waals surface area (Å²) in [5.41, 5.74) is 7.11. The van der Waals surface area contributed by atoms with Crippen molar-refractivity contribution in [2.45, 2.75) is 33.2 Å². The zero-order chi connectivity index (χ0) is 9.84. The zero-order valence-electron chi connectivity index (χ0n) is 8.00. The number of carbonyl (C=O) groups excluding carboxylic acids is 1. The quantitative estimate of drug-likeness (QED) is 0.736. The molecule has 1 radical (unpaired) electrons. The van der Waals surface area contributed by atoms with Gasteiger partial charge in [0.1, 0.15) is 0 Å². The van der Waals surface area contributed by atoms with E-state index in [1.807, 2.05) is 18.4 Å². The molecule has 0 atom stereocenters. The van der Waals surface area contributed by atoms with E-state index in [0.29, 0.717) is 6.42 Å². The van der Waals surface area contributed by atoms with Gasteiger partial charge in [0.05, 0.1) is 5.69 Å². The van der Waals surface area contributed by atoms with Crippen molar-refractivity contribution in [2.24, 2.45) is 5.73 Å². The first-order valence-corrected chi connectivity index (χ1v) is 4.31. The van der Waals surface area contributed by atoms with Gasteiger partial charge in [-0.1, -0.05) is 0 Å². The molecule has 4 nitrogen and oxygen atoms in total. The number of imidazole rings is 1. The fraction of sp³-hybridized carbons (Fsp3) is 0.556. The van der Waals surface area contributed by atoms with E-state index in [4.69, 9.17) is 5.73 Å². The van der Waals surface area contributed by atoms with E-state index in [1.54, 1.807) is 0 Å². The van der Waals surface area contributed by atoms with Gasteiger partial charge in [0.2, 0.25) is 5.91 Å². The van der Waals surface area contributed by atoms with Gasteiger partial charge in [-0.3, -0.25) is 4.79 Å². The first-order chi connectivity index (χ1) is 6.11. The van der Waals surface area contributed by atoms with Gasteiger partial charge in [-0.15, -0.1) is 0 Å². The molecule has 0 aliphatic carbocycles. The minimum absolute atomic E-state index is 0.255. The maximum absolute atomic E-state index is 10.5. The fourth-order valence-corrected chi connectivity index (χ4v) is 1.12.